The molecule has 206 valence electrons. The molecule has 0 unspecified atom stereocenters. The summed E-state index contributed by atoms with van der Waals surface area (Å²) in [5, 5.41) is 2.64. The highest BCUT2D eigenvalue weighted by molar-refractivity contribution is 7.27. The van der Waals surface area contributed by atoms with Crippen LogP contribution in [-0.2, 0) is 6.42 Å². The molecule has 0 radical (unpaired) electrons. The van der Waals surface area contributed by atoms with Crippen molar-refractivity contribution in [2.45, 2.75) is 6.42 Å². The lowest BCUT2D eigenvalue weighted by atomic mass is 9.92. The third kappa shape index (κ3) is 4.12. The van der Waals surface area contributed by atoms with Crippen LogP contribution in [0.3, 0.4) is 0 Å². The van der Waals surface area contributed by atoms with Crippen molar-refractivity contribution in [2.75, 3.05) is 0 Å². The van der Waals surface area contributed by atoms with Gasteiger partial charge in [-0.05, 0) is 86.3 Å². The zero-order valence-electron chi connectivity index (χ0n) is 24.1. The molecular weight excluding hydrogens is 549 g/mol. The monoisotopic (exact) mass is 576 g/mol. The molecule has 1 heterocycles. The van der Waals surface area contributed by atoms with Gasteiger partial charge in [0.25, 0.3) is 0 Å². The summed E-state index contributed by atoms with van der Waals surface area (Å²) in [5.74, 6) is 0. The number of rotatable bonds is 4. The molecule has 0 amide bonds. The van der Waals surface area contributed by atoms with Crippen LogP contribution in [0.5, 0.6) is 0 Å². The summed E-state index contributed by atoms with van der Waals surface area (Å²) in [6.45, 7) is 0. The van der Waals surface area contributed by atoms with Crippen LogP contribution in [0, 0.1) is 0 Å². The van der Waals surface area contributed by atoms with Gasteiger partial charge >= 0.3 is 0 Å². The van der Waals surface area contributed by atoms with Crippen LogP contribution in [0.2, 0.25) is 0 Å². The number of hydrogen-bond donors (Lipinski definition) is 0. The first kappa shape index (κ1) is 25.3. The molecule has 1 aliphatic carbocycles. The zero-order valence-corrected chi connectivity index (χ0v) is 24.9. The van der Waals surface area contributed by atoms with Crippen LogP contribution in [0.4, 0.5) is 0 Å². The highest BCUT2D eigenvalue weighted by atomic mass is 32.1. The van der Waals surface area contributed by atoms with Crippen molar-refractivity contribution in [3.63, 3.8) is 0 Å². The van der Waals surface area contributed by atoms with E-state index in [9.17, 15) is 0 Å². The molecule has 0 saturated carbocycles. The fraction of sp³-hybridized carbons (Fsp3) is 0.0233. The van der Waals surface area contributed by atoms with E-state index in [1.54, 1.807) is 0 Å². The minimum absolute atomic E-state index is 0.992. The second kappa shape index (κ2) is 10.2. The lowest BCUT2D eigenvalue weighted by Crippen LogP contribution is -1.86. The average Bonchev–Trinajstić information content (AvgIpc) is 3.66. The summed E-state index contributed by atoms with van der Waals surface area (Å²) in [7, 11) is 0. The van der Waals surface area contributed by atoms with E-state index in [2.05, 4.69) is 158 Å². The Morgan fingerprint density at radius 1 is 0.318 bits per heavy atom. The molecule has 0 nitrogen and oxygen atoms in total. The maximum absolute atomic E-state index is 2.44. The molecule has 0 atom stereocenters. The van der Waals surface area contributed by atoms with E-state index < -0.39 is 0 Å². The van der Waals surface area contributed by atoms with Gasteiger partial charge in [0.05, 0.1) is 0 Å². The van der Waals surface area contributed by atoms with Gasteiger partial charge < -0.3 is 0 Å². The summed E-state index contributed by atoms with van der Waals surface area (Å²) in [4.78, 5) is 0. The summed E-state index contributed by atoms with van der Waals surface area (Å²) in [6.07, 6.45) is 0.992. The number of benzene rings is 7. The predicted octanol–water partition coefficient (Wildman–Crippen LogP) is 12.3. The molecule has 7 aromatic carbocycles. The van der Waals surface area contributed by atoms with E-state index in [-0.39, 0.29) is 0 Å². The molecule has 1 aromatic heterocycles. The molecule has 9 rings (SSSR count). The minimum Gasteiger partial charge on any atom is -0.134 e. The van der Waals surface area contributed by atoms with Crippen molar-refractivity contribution < 1.29 is 0 Å². The molecule has 44 heavy (non-hydrogen) atoms. The van der Waals surface area contributed by atoms with Crippen LogP contribution in [-0.4, -0.2) is 0 Å². The Kier molecular flexibility index (Phi) is 5.85. The van der Waals surface area contributed by atoms with E-state index >= 15 is 0 Å². The normalized spacial score (nSPS) is 12.0. The van der Waals surface area contributed by atoms with Crippen LogP contribution < -0.4 is 0 Å². The first-order chi connectivity index (χ1) is 21.8. The molecule has 8 aromatic rings. The van der Waals surface area contributed by atoms with E-state index in [1.165, 1.54) is 86.9 Å². The van der Waals surface area contributed by atoms with Gasteiger partial charge in [0, 0.05) is 31.3 Å². The lowest BCUT2D eigenvalue weighted by molar-refractivity contribution is 1.26. The topological polar surface area (TPSA) is 0 Å². The fourth-order valence-electron chi connectivity index (χ4n) is 6.93. The lowest BCUT2D eigenvalue weighted by Gasteiger charge is -2.11. The van der Waals surface area contributed by atoms with Gasteiger partial charge in [-0.2, -0.15) is 0 Å². The van der Waals surface area contributed by atoms with Gasteiger partial charge in [0.2, 0.25) is 0 Å². The van der Waals surface area contributed by atoms with Gasteiger partial charge in [-0.25, -0.2) is 0 Å². The smallest absolute Gasteiger partial charge is 0.0434 e. The molecule has 1 heteroatoms. The maximum atomic E-state index is 2.44. The molecule has 0 aliphatic heterocycles. The molecule has 1 aliphatic rings. The van der Waals surface area contributed by atoms with Crippen molar-refractivity contribution in [1.29, 1.82) is 0 Å². The van der Waals surface area contributed by atoms with E-state index in [0.29, 0.717) is 0 Å². The first-order valence-electron chi connectivity index (χ1n) is 15.2. The quantitative estimate of drug-likeness (QED) is 0.195. The summed E-state index contributed by atoms with van der Waals surface area (Å²) >= 11 is 1.93. The number of hydrogen-bond acceptors (Lipinski definition) is 1. The largest absolute Gasteiger partial charge is 0.134 e. The Bertz CT molecular complexity index is 2330. The van der Waals surface area contributed by atoms with Crippen LogP contribution >= 0.6 is 11.3 Å². The van der Waals surface area contributed by atoms with Crippen molar-refractivity contribution >= 4 is 31.5 Å². The minimum atomic E-state index is 0.992. The summed E-state index contributed by atoms with van der Waals surface area (Å²) < 4.78 is 2.68. The van der Waals surface area contributed by atoms with Crippen molar-refractivity contribution in [3.8, 4) is 55.6 Å². The predicted molar refractivity (Wildman–Crippen MR) is 189 cm³/mol. The van der Waals surface area contributed by atoms with Gasteiger partial charge in [-0.1, -0.05) is 133 Å². The van der Waals surface area contributed by atoms with Gasteiger partial charge in [-0.3, -0.25) is 0 Å². The van der Waals surface area contributed by atoms with Crippen molar-refractivity contribution in [1.82, 2.24) is 0 Å². The van der Waals surface area contributed by atoms with Gasteiger partial charge in [0.1, 0.15) is 0 Å². The van der Waals surface area contributed by atoms with Crippen LogP contribution in [0.15, 0.2) is 158 Å². The second-order valence-corrected chi connectivity index (χ2v) is 12.7. The maximum Gasteiger partial charge on any atom is 0.0434 e. The van der Waals surface area contributed by atoms with E-state index in [4.69, 9.17) is 0 Å². The fourth-order valence-corrected chi connectivity index (χ4v) is 8.27. The van der Waals surface area contributed by atoms with Crippen molar-refractivity contribution in [2.24, 2.45) is 0 Å². The Labute approximate surface area is 261 Å². The van der Waals surface area contributed by atoms with Crippen LogP contribution in [0.25, 0.3) is 75.8 Å². The Balaban J connectivity index is 1.35. The molecule has 0 N–H and O–H groups in total. The molecule has 0 saturated heterocycles. The third-order valence-electron chi connectivity index (χ3n) is 9.08. The molecule has 0 fully saturated rings. The molecule has 0 bridgehead atoms. The molecule has 0 spiro atoms. The third-order valence-corrected chi connectivity index (χ3v) is 10.4. The van der Waals surface area contributed by atoms with E-state index in [0.717, 1.165) is 6.42 Å². The second-order valence-electron chi connectivity index (χ2n) is 11.7. The van der Waals surface area contributed by atoms with Gasteiger partial charge in [0.15, 0.2) is 0 Å². The standard InChI is InChI=1S/C43H28S/c1-4-12-28(13-5-1)33-24-38(30-16-8-3-9-17-30)42-40(26-33)41-27-34(29-14-6-2-7-15-29)25-39(43(41)44-42)32-20-21-37-35(23-32)22-31-18-10-11-19-36(31)37/h1-21,23-27H,22H2. The Hall–Kier alpha value is -5.24. The highest BCUT2D eigenvalue weighted by Gasteiger charge is 2.21. The Morgan fingerprint density at radius 3 is 1.43 bits per heavy atom. The first-order valence-corrected chi connectivity index (χ1v) is 16.0. The zero-order chi connectivity index (χ0) is 29.0. The van der Waals surface area contributed by atoms with Crippen molar-refractivity contribution in [3.05, 3.63) is 169 Å². The summed E-state index contributed by atoms with van der Waals surface area (Å²) in [6, 6.07) is 58.1. The van der Waals surface area contributed by atoms with Crippen LogP contribution in [0.1, 0.15) is 11.1 Å². The number of fused-ring (bicyclic) bond motifs is 6. The van der Waals surface area contributed by atoms with Gasteiger partial charge in [-0.15, -0.1) is 11.3 Å². The average molecular weight is 577 g/mol. The number of thiophene rings is 1. The molecular formula is C43H28S. The summed E-state index contributed by atoms with van der Waals surface area (Å²) in [5.41, 5.74) is 15.7. The Morgan fingerprint density at radius 2 is 0.818 bits per heavy atom. The SMILES string of the molecule is c1ccc(-c2cc(-c3ccccc3)c3sc4c(-c5ccc6c(c5)Cc5ccccc5-6)cc(-c5ccccc5)cc4c3c2)cc1. The van der Waals surface area contributed by atoms with E-state index in [1.807, 2.05) is 11.3 Å². The highest BCUT2D eigenvalue weighted by Crippen LogP contribution is 2.48.